The zero-order valence-corrected chi connectivity index (χ0v) is 11.2. The number of nitrogens with zero attached hydrogens (tertiary/aromatic N) is 2. The molecule has 0 amide bonds. The summed E-state index contributed by atoms with van der Waals surface area (Å²) in [6.07, 6.45) is -4.65. The van der Waals surface area contributed by atoms with Gasteiger partial charge in [0.1, 0.15) is 5.75 Å². The van der Waals surface area contributed by atoms with Crippen LogP contribution in [0.4, 0.5) is 13.2 Å². The van der Waals surface area contributed by atoms with Crippen molar-refractivity contribution in [3.8, 4) is 17.0 Å². The summed E-state index contributed by atoms with van der Waals surface area (Å²) in [4.78, 5) is 10.8. The van der Waals surface area contributed by atoms with E-state index in [1.165, 1.54) is 7.05 Å². The summed E-state index contributed by atoms with van der Waals surface area (Å²) in [6, 6.07) is 2.33. The predicted molar refractivity (Wildman–Crippen MR) is 67.3 cm³/mol. The minimum absolute atomic E-state index is 0.00194. The first-order chi connectivity index (χ1) is 9.61. The molecule has 2 aromatic rings. The molecular formula is C12H8ClF3N2O3. The summed E-state index contributed by atoms with van der Waals surface area (Å²) in [6.45, 7) is 0. The van der Waals surface area contributed by atoms with Gasteiger partial charge in [-0.1, -0.05) is 11.6 Å². The lowest BCUT2D eigenvalue weighted by Gasteiger charge is -2.12. The molecule has 0 unspecified atom stereocenters. The zero-order valence-electron chi connectivity index (χ0n) is 10.4. The van der Waals surface area contributed by atoms with Crippen molar-refractivity contribution in [3.63, 3.8) is 0 Å². The fraction of sp³-hybridized carbons (Fsp3) is 0.167. The monoisotopic (exact) mass is 320 g/mol. The van der Waals surface area contributed by atoms with Gasteiger partial charge in [-0.25, -0.2) is 4.79 Å². The maximum absolute atomic E-state index is 12.8. The highest BCUT2D eigenvalue weighted by atomic mass is 35.5. The van der Waals surface area contributed by atoms with Gasteiger partial charge in [-0.05, 0) is 18.2 Å². The smallest absolute Gasteiger partial charge is 0.416 e. The van der Waals surface area contributed by atoms with Gasteiger partial charge in [0.15, 0.2) is 5.69 Å². The normalized spacial score (nSPS) is 11.7. The van der Waals surface area contributed by atoms with Gasteiger partial charge in [0.25, 0.3) is 0 Å². The molecule has 9 heteroatoms. The number of aromatic carboxylic acids is 1. The molecule has 1 heterocycles. The third-order valence-electron chi connectivity index (χ3n) is 2.77. The Morgan fingerprint density at radius 2 is 1.95 bits per heavy atom. The van der Waals surface area contributed by atoms with Crippen molar-refractivity contribution in [2.45, 2.75) is 6.18 Å². The summed E-state index contributed by atoms with van der Waals surface area (Å²) < 4.78 is 39.4. The molecule has 1 aromatic carbocycles. The number of carboxylic acid groups (broad SMARTS) is 1. The van der Waals surface area contributed by atoms with E-state index in [9.17, 15) is 23.1 Å². The molecule has 0 spiro atoms. The minimum atomic E-state index is -4.65. The van der Waals surface area contributed by atoms with Gasteiger partial charge in [0, 0.05) is 12.6 Å². The number of carbonyl (C=O) groups is 1. The maximum atomic E-state index is 12.8. The average molecular weight is 321 g/mol. The first-order valence-electron chi connectivity index (χ1n) is 5.48. The van der Waals surface area contributed by atoms with Gasteiger partial charge < -0.3 is 10.2 Å². The van der Waals surface area contributed by atoms with Crippen molar-refractivity contribution < 1.29 is 28.2 Å². The first kappa shape index (κ1) is 15.2. The number of hydrogen-bond acceptors (Lipinski definition) is 3. The molecule has 0 bridgehead atoms. The Kier molecular flexibility index (Phi) is 3.58. The third kappa shape index (κ3) is 2.80. The van der Waals surface area contributed by atoms with E-state index in [-0.39, 0.29) is 17.0 Å². The summed E-state index contributed by atoms with van der Waals surface area (Å²) in [5, 5.41) is 21.8. The summed E-state index contributed by atoms with van der Waals surface area (Å²) in [7, 11) is 1.34. The largest absolute Gasteiger partial charge is 0.506 e. The number of alkyl halides is 3. The van der Waals surface area contributed by atoms with E-state index in [4.69, 9.17) is 16.7 Å². The number of carboxylic acids is 1. The molecule has 0 saturated heterocycles. The van der Waals surface area contributed by atoms with Crippen molar-refractivity contribution >= 4 is 17.6 Å². The second-order valence-corrected chi connectivity index (χ2v) is 4.60. The van der Waals surface area contributed by atoms with Crippen LogP contribution in [0.2, 0.25) is 5.02 Å². The van der Waals surface area contributed by atoms with Crippen molar-refractivity contribution in [1.82, 2.24) is 9.78 Å². The van der Waals surface area contributed by atoms with Crippen LogP contribution in [-0.4, -0.2) is 26.0 Å². The van der Waals surface area contributed by atoms with Gasteiger partial charge in [0.2, 0.25) is 0 Å². The highest BCUT2D eigenvalue weighted by molar-refractivity contribution is 6.32. The standard InChI is InChI=1S/C12H8ClF3N2O3/c1-18-9(4-8(17-18)11(20)21)6-2-5(12(14,15)16)3-7(13)10(6)19/h2-4,19H,1H3,(H,20,21). The SMILES string of the molecule is Cn1nc(C(=O)O)cc1-c1cc(C(F)(F)F)cc(Cl)c1O. The molecule has 0 radical (unpaired) electrons. The molecule has 0 aliphatic heterocycles. The van der Waals surface area contributed by atoms with Crippen molar-refractivity contribution in [3.05, 3.63) is 34.5 Å². The van der Waals surface area contributed by atoms with Gasteiger partial charge in [-0.2, -0.15) is 18.3 Å². The molecule has 5 nitrogen and oxygen atoms in total. The zero-order chi connectivity index (χ0) is 15.9. The van der Waals surface area contributed by atoms with E-state index < -0.39 is 28.5 Å². The molecule has 0 aliphatic carbocycles. The van der Waals surface area contributed by atoms with Crippen LogP contribution < -0.4 is 0 Å². The van der Waals surface area contributed by atoms with Crippen molar-refractivity contribution in [1.29, 1.82) is 0 Å². The van der Waals surface area contributed by atoms with Crippen LogP contribution in [-0.2, 0) is 13.2 Å². The Bertz CT molecular complexity index is 725. The fourth-order valence-electron chi connectivity index (χ4n) is 1.78. The van der Waals surface area contributed by atoms with Crippen molar-refractivity contribution in [2.75, 3.05) is 0 Å². The summed E-state index contributed by atoms with van der Waals surface area (Å²) >= 11 is 5.60. The summed E-state index contributed by atoms with van der Waals surface area (Å²) in [5.41, 5.74) is -1.67. The van der Waals surface area contributed by atoms with Crippen LogP contribution in [0, 0.1) is 0 Å². The van der Waals surface area contributed by atoms with Gasteiger partial charge in [0.05, 0.1) is 16.3 Å². The summed E-state index contributed by atoms with van der Waals surface area (Å²) in [5.74, 6) is -1.92. The predicted octanol–water partition coefficient (Wildman–Crippen LogP) is 3.16. The molecule has 0 aliphatic rings. The molecule has 2 N–H and O–H groups in total. The van der Waals surface area contributed by atoms with E-state index in [0.29, 0.717) is 12.1 Å². The van der Waals surface area contributed by atoms with Crippen LogP contribution in [0.1, 0.15) is 16.1 Å². The van der Waals surface area contributed by atoms with Crippen LogP contribution in [0.3, 0.4) is 0 Å². The second-order valence-electron chi connectivity index (χ2n) is 4.20. The van der Waals surface area contributed by atoms with E-state index in [1.807, 2.05) is 0 Å². The number of hydrogen-bond donors (Lipinski definition) is 2. The molecule has 0 saturated carbocycles. The third-order valence-corrected chi connectivity index (χ3v) is 3.05. The molecule has 2 rings (SSSR count). The van der Waals surface area contributed by atoms with Crippen LogP contribution in [0.15, 0.2) is 18.2 Å². The highest BCUT2D eigenvalue weighted by Gasteiger charge is 2.32. The number of halogens is 4. The van der Waals surface area contributed by atoms with Gasteiger partial charge in [-0.3, -0.25) is 4.68 Å². The lowest BCUT2D eigenvalue weighted by Crippen LogP contribution is -2.05. The Hall–Kier alpha value is -2.22. The van der Waals surface area contributed by atoms with Gasteiger partial charge in [-0.15, -0.1) is 0 Å². The number of phenolic OH excluding ortho intramolecular Hbond substituents is 1. The number of benzene rings is 1. The Labute approximate surface area is 121 Å². The number of aromatic hydroxyl groups is 1. The topological polar surface area (TPSA) is 75.4 Å². The number of aromatic nitrogens is 2. The Morgan fingerprint density at radius 1 is 1.33 bits per heavy atom. The lowest BCUT2D eigenvalue weighted by molar-refractivity contribution is -0.137. The highest BCUT2D eigenvalue weighted by Crippen LogP contribution is 2.41. The maximum Gasteiger partial charge on any atom is 0.416 e. The fourth-order valence-corrected chi connectivity index (χ4v) is 2.00. The van der Waals surface area contributed by atoms with Crippen LogP contribution in [0.5, 0.6) is 5.75 Å². The lowest BCUT2D eigenvalue weighted by atomic mass is 10.1. The molecule has 0 atom stereocenters. The van der Waals surface area contributed by atoms with E-state index in [0.717, 1.165) is 10.7 Å². The molecule has 1 aromatic heterocycles. The Balaban J connectivity index is 2.69. The van der Waals surface area contributed by atoms with E-state index in [2.05, 4.69) is 5.10 Å². The molecule has 21 heavy (non-hydrogen) atoms. The van der Waals surface area contributed by atoms with Crippen molar-refractivity contribution in [2.24, 2.45) is 7.05 Å². The number of aryl methyl sites for hydroxylation is 1. The minimum Gasteiger partial charge on any atom is -0.506 e. The quantitative estimate of drug-likeness (QED) is 0.891. The number of rotatable bonds is 2. The second kappa shape index (κ2) is 4.96. The van der Waals surface area contributed by atoms with E-state index in [1.54, 1.807) is 0 Å². The molecular weight excluding hydrogens is 313 g/mol. The van der Waals surface area contributed by atoms with Gasteiger partial charge >= 0.3 is 12.1 Å². The molecule has 112 valence electrons. The van der Waals surface area contributed by atoms with E-state index >= 15 is 0 Å². The average Bonchev–Trinajstić information content (AvgIpc) is 2.73. The first-order valence-corrected chi connectivity index (χ1v) is 5.86. The number of phenols is 1. The molecule has 0 fully saturated rings. The van der Waals surface area contributed by atoms with Crippen LogP contribution in [0.25, 0.3) is 11.3 Å². The van der Waals surface area contributed by atoms with Crippen LogP contribution >= 0.6 is 11.6 Å². The Morgan fingerprint density at radius 3 is 2.43 bits per heavy atom.